The second kappa shape index (κ2) is 1.76. The predicted octanol–water partition coefficient (Wildman–Crippen LogP) is 0.926. The summed E-state index contributed by atoms with van der Waals surface area (Å²) >= 11 is 0. The lowest BCUT2D eigenvalue weighted by Gasteiger charge is -1.86. The lowest BCUT2D eigenvalue weighted by Crippen LogP contribution is -1.83. The first-order valence-electron chi connectivity index (χ1n) is 2.90. The van der Waals surface area contributed by atoms with Crippen molar-refractivity contribution in [3.8, 4) is 0 Å². The maximum atomic E-state index is 4.80. The summed E-state index contributed by atoms with van der Waals surface area (Å²) in [5, 5.41) is 3.56. The topological polar surface area (TPSA) is 51.8 Å². The number of aromatic nitrogens is 3. The third-order valence-corrected chi connectivity index (χ3v) is 1.23. The van der Waals surface area contributed by atoms with Crippen LogP contribution in [0.1, 0.15) is 5.82 Å². The molecule has 0 fully saturated rings. The molecule has 2 aromatic heterocycles. The van der Waals surface area contributed by atoms with Crippen molar-refractivity contribution in [1.82, 2.24) is 15.1 Å². The molecule has 0 amide bonds. The largest absolute Gasteiger partial charge is 0.353 e. The van der Waals surface area contributed by atoms with Gasteiger partial charge in [-0.1, -0.05) is 5.16 Å². The molecule has 2 rings (SSSR count). The average Bonchev–Trinajstić information content (AvgIpc) is 2.33. The van der Waals surface area contributed by atoms with Gasteiger partial charge in [-0.3, -0.25) is 0 Å². The third-order valence-electron chi connectivity index (χ3n) is 1.23. The Labute approximate surface area is 56.9 Å². The molecule has 10 heavy (non-hydrogen) atoms. The molecule has 0 aliphatic heterocycles. The molecule has 0 unspecified atom stereocenters. The van der Waals surface area contributed by atoms with Gasteiger partial charge in [-0.15, -0.1) is 0 Å². The van der Waals surface area contributed by atoms with Crippen molar-refractivity contribution in [2.75, 3.05) is 0 Å². The summed E-state index contributed by atoms with van der Waals surface area (Å²) in [5.41, 5.74) is 1.39. The predicted molar refractivity (Wildman–Crippen MR) is 34.3 cm³/mol. The van der Waals surface area contributed by atoms with Crippen LogP contribution in [0.3, 0.4) is 0 Å². The first kappa shape index (κ1) is 5.34. The van der Waals surface area contributed by atoms with Crippen LogP contribution in [0.2, 0.25) is 0 Å². The molecule has 0 spiro atoms. The Balaban J connectivity index is 2.86. The van der Waals surface area contributed by atoms with E-state index in [0.717, 1.165) is 11.3 Å². The van der Waals surface area contributed by atoms with Gasteiger partial charge < -0.3 is 4.52 Å². The van der Waals surface area contributed by atoms with Crippen LogP contribution in [-0.4, -0.2) is 15.1 Å². The van der Waals surface area contributed by atoms with E-state index in [0.29, 0.717) is 5.58 Å². The zero-order valence-electron chi connectivity index (χ0n) is 5.40. The van der Waals surface area contributed by atoms with Gasteiger partial charge in [-0.05, 0) is 6.92 Å². The molecule has 4 heteroatoms. The van der Waals surface area contributed by atoms with Crippen LogP contribution >= 0.6 is 0 Å². The number of hydrogen-bond acceptors (Lipinski definition) is 4. The van der Waals surface area contributed by atoms with Crippen LogP contribution in [-0.2, 0) is 0 Å². The van der Waals surface area contributed by atoms with Gasteiger partial charge in [0.2, 0.25) is 5.58 Å². The second-order valence-electron chi connectivity index (χ2n) is 1.99. The number of aryl methyl sites for hydroxylation is 1. The van der Waals surface area contributed by atoms with Crippen LogP contribution in [0.25, 0.3) is 11.1 Å². The van der Waals surface area contributed by atoms with E-state index in [9.17, 15) is 0 Å². The lowest BCUT2D eigenvalue weighted by molar-refractivity contribution is 0.455. The fraction of sp³-hybridized carbons (Fsp3) is 0.167. The molecule has 2 aromatic rings. The molecule has 0 N–H and O–H groups in total. The summed E-state index contributed by atoms with van der Waals surface area (Å²) in [4.78, 5) is 8.00. The summed E-state index contributed by atoms with van der Waals surface area (Å²) in [5.74, 6) is 0.732. The van der Waals surface area contributed by atoms with Crippen molar-refractivity contribution >= 4 is 11.1 Å². The molecule has 0 atom stereocenters. The molecule has 0 radical (unpaired) electrons. The van der Waals surface area contributed by atoms with Crippen LogP contribution in [0.15, 0.2) is 16.9 Å². The van der Waals surface area contributed by atoms with Gasteiger partial charge in [0.05, 0.1) is 12.4 Å². The molecule has 0 aliphatic rings. The molecule has 0 saturated heterocycles. The quantitative estimate of drug-likeness (QED) is 0.539. The first-order valence-corrected chi connectivity index (χ1v) is 2.90. The highest BCUT2D eigenvalue weighted by Crippen LogP contribution is 2.07. The van der Waals surface area contributed by atoms with Crippen LogP contribution in [0.5, 0.6) is 0 Å². The second-order valence-corrected chi connectivity index (χ2v) is 1.99. The van der Waals surface area contributed by atoms with Crippen LogP contribution in [0, 0.1) is 6.92 Å². The monoisotopic (exact) mass is 135 g/mol. The molecular formula is C6H5N3O. The Hall–Kier alpha value is -1.45. The van der Waals surface area contributed by atoms with Gasteiger partial charge >= 0.3 is 0 Å². The van der Waals surface area contributed by atoms with E-state index < -0.39 is 0 Å². The Morgan fingerprint density at radius 3 is 3.20 bits per heavy atom. The zero-order valence-corrected chi connectivity index (χ0v) is 5.40. The van der Waals surface area contributed by atoms with E-state index in [1.54, 1.807) is 12.4 Å². The Bertz CT molecular complexity index is 355. The van der Waals surface area contributed by atoms with Gasteiger partial charge in [-0.25, -0.2) is 9.97 Å². The molecule has 4 nitrogen and oxygen atoms in total. The highest BCUT2D eigenvalue weighted by Gasteiger charge is 1.98. The number of nitrogens with zero attached hydrogens (tertiary/aromatic N) is 3. The van der Waals surface area contributed by atoms with Crippen LogP contribution in [0.4, 0.5) is 0 Å². The van der Waals surface area contributed by atoms with E-state index in [1.807, 2.05) is 6.92 Å². The fourth-order valence-electron chi connectivity index (χ4n) is 0.772. The van der Waals surface area contributed by atoms with Crippen molar-refractivity contribution in [2.24, 2.45) is 0 Å². The normalized spacial score (nSPS) is 10.5. The molecule has 0 bridgehead atoms. The summed E-state index contributed by atoms with van der Waals surface area (Å²) in [7, 11) is 0. The minimum absolute atomic E-state index is 0.630. The van der Waals surface area contributed by atoms with Crippen molar-refractivity contribution in [1.29, 1.82) is 0 Å². The van der Waals surface area contributed by atoms with E-state index in [-0.39, 0.29) is 0 Å². The van der Waals surface area contributed by atoms with Crippen LogP contribution < -0.4 is 0 Å². The Morgan fingerprint density at radius 1 is 1.40 bits per heavy atom. The van der Waals surface area contributed by atoms with E-state index in [4.69, 9.17) is 4.52 Å². The Kier molecular flexibility index (Phi) is 0.943. The highest BCUT2D eigenvalue weighted by atomic mass is 16.5. The molecule has 2 heterocycles. The van der Waals surface area contributed by atoms with Crippen molar-refractivity contribution in [2.45, 2.75) is 6.92 Å². The van der Waals surface area contributed by atoms with E-state index in [2.05, 4.69) is 15.1 Å². The SMILES string of the molecule is Cc1ncc2oncc2n1. The minimum atomic E-state index is 0.630. The van der Waals surface area contributed by atoms with Gasteiger partial charge in [0.15, 0.2) is 0 Å². The number of rotatable bonds is 0. The zero-order chi connectivity index (χ0) is 6.97. The van der Waals surface area contributed by atoms with Gasteiger partial charge in [-0.2, -0.15) is 0 Å². The number of fused-ring (bicyclic) bond motifs is 1. The maximum Gasteiger partial charge on any atom is 0.203 e. The van der Waals surface area contributed by atoms with Crippen molar-refractivity contribution < 1.29 is 4.52 Å². The summed E-state index contributed by atoms with van der Waals surface area (Å²) < 4.78 is 4.80. The van der Waals surface area contributed by atoms with E-state index in [1.165, 1.54) is 0 Å². The van der Waals surface area contributed by atoms with Crippen molar-refractivity contribution in [3.63, 3.8) is 0 Å². The summed E-state index contributed by atoms with van der Waals surface area (Å²) in [6.07, 6.45) is 3.19. The molecular weight excluding hydrogens is 130 g/mol. The highest BCUT2D eigenvalue weighted by molar-refractivity contribution is 5.69. The lowest BCUT2D eigenvalue weighted by atomic mass is 10.5. The minimum Gasteiger partial charge on any atom is -0.353 e. The van der Waals surface area contributed by atoms with Gasteiger partial charge in [0, 0.05) is 0 Å². The maximum absolute atomic E-state index is 4.80. The smallest absolute Gasteiger partial charge is 0.203 e. The molecule has 0 aromatic carbocycles. The standard InChI is InChI=1S/C6H5N3O/c1-4-7-3-6-5(9-4)2-8-10-6/h2-3H,1H3. The van der Waals surface area contributed by atoms with Gasteiger partial charge in [0.25, 0.3) is 0 Å². The molecule has 50 valence electrons. The molecule has 0 aliphatic carbocycles. The first-order chi connectivity index (χ1) is 4.86. The fourth-order valence-corrected chi connectivity index (χ4v) is 0.772. The average molecular weight is 135 g/mol. The number of hydrogen-bond donors (Lipinski definition) is 0. The third kappa shape index (κ3) is 0.655. The van der Waals surface area contributed by atoms with Crippen molar-refractivity contribution in [3.05, 3.63) is 18.2 Å². The van der Waals surface area contributed by atoms with E-state index >= 15 is 0 Å². The molecule has 0 saturated carbocycles. The summed E-state index contributed by atoms with van der Waals surface area (Å²) in [6.45, 7) is 1.83. The Morgan fingerprint density at radius 2 is 2.30 bits per heavy atom. The summed E-state index contributed by atoms with van der Waals surface area (Å²) in [6, 6.07) is 0. The van der Waals surface area contributed by atoms with Gasteiger partial charge in [0.1, 0.15) is 11.3 Å².